The molecule has 0 saturated carbocycles. The Morgan fingerprint density at radius 3 is 3.29 bits per heavy atom. The minimum absolute atomic E-state index is 0.00417. The predicted molar refractivity (Wildman–Crippen MR) is 50.8 cm³/mol. The van der Waals surface area contributed by atoms with Crippen molar-refractivity contribution in [3.8, 4) is 0 Å². The summed E-state index contributed by atoms with van der Waals surface area (Å²) >= 11 is 0. The molecule has 1 aromatic heterocycles. The van der Waals surface area contributed by atoms with Crippen LogP contribution in [0.15, 0.2) is 12.4 Å². The van der Waals surface area contributed by atoms with E-state index < -0.39 is 0 Å². The second-order valence-corrected chi connectivity index (χ2v) is 3.51. The number of nitrogens with zero attached hydrogens (tertiary/aromatic N) is 2. The van der Waals surface area contributed by atoms with Crippen molar-refractivity contribution in [2.45, 2.75) is 26.0 Å². The van der Waals surface area contributed by atoms with Crippen molar-refractivity contribution in [2.75, 3.05) is 6.61 Å². The Kier molecular flexibility index (Phi) is 2.63. The largest absolute Gasteiger partial charge is 0.373 e. The lowest BCUT2D eigenvalue weighted by Gasteiger charge is -2.10. The summed E-state index contributed by atoms with van der Waals surface area (Å²) in [5.41, 5.74) is 1.02. The van der Waals surface area contributed by atoms with Crippen molar-refractivity contribution >= 4 is 6.29 Å². The smallest absolute Gasteiger partial charge is 0.126 e. The number of rotatable bonds is 3. The van der Waals surface area contributed by atoms with Gasteiger partial charge in [0.1, 0.15) is 6.29 Å². The normalized spacial score (nSPS) is 26.6. The molecule has 1 aromatic rings. The van der Waals surface area contributed by atoms with E-state index in [0.29, 0.717) is 6.61 Å². The van der Waals surface area contributed by atoms with Crippen LogP contribution >= 0.6 is 0 Å². The second-order valence-electron chi connectivity index (χ2n) is 3.51. The highest BCUT2D eigenvalue weighted by Crippen LogP contribution is 2.32. The van der Waals surface area contributed by atoms with E-state index in [9.17, 15) is 4.79 Å². The van der Waals surface area contributed by atoms with Crippen molar-refractivity contribution in [3.63, 3.8) is 0 Å². The third-order valence-corrected chi connectivity index (χ3v) is 2.62. The number of hydrogen-bond donors (Lipinski definition) is 0. The van der Waals surface area contributed by atoms with Gasteiger partial charge in [-0.2, -0.15) is 5.10 Å². The molecule has 2 rings (SSSR count). The van der Waals surface area contributed by atoms with Crippen LogP contribution in [0.25, 0.3) is 0 Å². The average Bonchev–Trinajstić information content (AvgIpc) is 2.85. The van der Waals surface area contributed by atoms with Gasteiger partial charge in [-0.3, -0.25) is 4.68 Å². The standard InChI is InChI=1S/C10H14N2O2/c1-2-12-6-9(5-11-12)10-8(7-13)3-4-14-10/h5-8,10H,2-4H2,1H3/t8-,10+/m0/s1. The molecule has 0 bridgehead atoms. The Morgan fingerprint density at radius 1 is 1.79 bits per heavy atom. The fourth-order valence-corrected chi connectivity index (χ4v) is 1.79. The monoisotopic (exact) mass is 194 g/mol. The first-order valence-corrected chi connectivity index (χ1v) is 4.94. The molecule has 0 amide bonds. The molecule has 0 unspecified atom stereocenters. The molecular formula is C10H14N2O2. The highest BCUT2D eigenvalue weighted by molar-refractivity contribution is 5.55. The van der Waals surface area contributed by atoms with Gasteiger partial charge in [-0.05, 0) is 13.3 Å². The Labute approximate surface area is 82.9 Å². The number of carbonyl (C=O) groups excluding carboxylic acids is 1. The van der Waals surface area contributed by atoms with E-state index in [4.69, 9.17) is 4.74 Å². The van der Waals surface area contributed by atoms with Crippen molar-refractivity contribution in [3.05, 3.63) is 18.0 Å². The van der Waals surface area contributed by atoms with Gasteiger partial charge in [0.25, 0.3) is 0 Å². The molecule has 14 heavy (non-hydrogen) atoms. The lowest BCUT2D eigenvalue weighted by Crippen LogP contribution is -2.07. The van der Waals surface area contributed by atoms with Crippen LogP contribution in [-0.4, -0.2) is 22.7 Å². The van der Waals surface area contributed by atoms with Gasteiger partial charge >= 0.3 is 0 Å². The third-order valence-electron chi connectivity index (χ3n) is 2.62. The van der Waals surface area contributed by atoms with Crippen LogP contribution < -0.4 is 0 Å². The van der Waals surface area contributed by atoms with Gasteiger partial charge in [0.05, 0.1) is 12.3 Å². The molecule has 1 aliphatic heterocycles. The molecule has 2 heterocycles. The zero-order valence-corrected chi connectivity index (χ0v) is 8.22. The molecule has 1 aliphatic rings. The Bertz CT molecular complexity index is 322. The quantitative estimate of drug-likeness (QED) is 0.679. The summed E-state index contributed by atoms with van der Waals surface area (Å²) < 4.78 is 7.36. The van der Waals surface area contributed by atoms with Crippen LogP contribution in [0.5, 0.6) is 0 Å². The molecular weight excluding hydrogens is 180 g/mol. The van der Waals surface area contributed by atoms with E-state index in [1.807, 2.05) is 17.8 Å². The number of aromatic nitrogens is 2. The fourth-order valence-electron chi connectivity index (χ4n) is 1.79. The van der Waals surface area contributed by atoms with Crippen LogP contribution in [0.4, 0.5) is 0 Å². The van der Waals surface area contributed by atoms with E-state index in [0.717, 1.165) is 24.8 Å². The number of aryl methyl sites for hydroxylation is 1. The Morgan fingerprint density at radius 2 is 2.64 bits per heavy atom. The van der Waals surface area contributed by atoms with E-state index >= 15 is 0 Å². The van der Waals surface area contributed by atoms with Crippen molar-refractivity contribution in [2.24, 2.45) is 5.92 Å². The van der Waals surface area contributed by atoms with Gasteiger partial charge in [-0.15, -0.1) is 0 Å². The lowest BCUT2D eigenvalue weighted by molar-refractivity contribution is -0.112. The first kappa shape index (κ1) is 9.40. The maximum atomic E-state index is 10.8. The second kappa shape index (κ2) is 3.92. The molecule has 0 N–H and O–H groups in total. The number of hydrogen-bond acceptors (Lipinski definition) is 3. The summed E-state index contributed by atoms with van der Waals surface area (Å²) in [6.45, 7) is 3.55. The number of aldehydes is 1. The topological polar surface area (TPSA) is 44.1 Å². The zero-order valence-electron chi connectivity index (χ0n) is 8.22. The molecule has 76 valence electrons. The summed E-state index contributed by atoms with van der Waals surface area (Å²) in [6, 6.07) is 0. The minimum atomic E-state index is -0.0761. The van der Waals surface area contributed by atoms with Crippen LogP contribution in [0.2, 0.25) is 0 Å². The van der Waals surface area contributed by atoms with E-state index in [-0.39, 0.29) is 12.0 Å². The molecule has 4 nitrogen and oxygen atoms in total. The third kappa shape index (κ3) is 1.57. The molecule has 0 radical (unpaired) electrons. The van der Waals surface area contributed by atoms with Crippen LogP contribution in [0.1, 0.15) is 25.0 Å². The van der Waals surface area contributed by atoms with Gasteiger partial charge in [-0.1, -0.05) is 0 Å². The van der Waals surface area contributed by atoms with Gasteiger partial charge in [0, 0.05) is 30.8 Å². The Hall–Kier alpha value is -1.16. The Balaban J connectivity index is 2.17. The molecule has 4 heteroatoms. The van der Waals surface area contributed by atoms with Crippen LogP contribution in [0.3, 0.4) is 0 Å². The van der Waals surface area contributed by atoms with Crippen molar-refractivity contribution < 1.29 is 9.53 Å². The summed E-state index contributed by atoms with van der Waals surface area (Å²) in [5, 5.41) is 4.17. The minimum Gasteiger partial charge on any atom is -0.373 e. The molecule has 2 atom stereocenters. The van der Waals surface area contributed by atoms with E-state index in [2.05, 4.69) is 5.10 Å². The predicted octanol–water partition coefficient (Wildman–Crippen LogP) is 1.18. The molecule has 1 saturated heterocycles. The van der Waals surface area contributed by atoms with E-state index in [1.165, 1.54) is 0 Å². The SMILES string of the molecule is CCn1cc([C@@H]2OCC[C@H]2C=O)cn1. The van der Waals surface area contributed by atoms with Crippen LogP contribution in [-0.2, 0) is 16.1 Å². The van der Waals surface area contributed by atoms with Crippen LogP contribution in [0, 0.1) is 5.92 Å². The highest BCUT2D eigenvalue weighted by Gasteiger charge is 2.30. The fraction of sp³-hybridized carbons (Fsp3) is 0.600. The number of carbonyl (C=O) groups is 1. The summed E-state index contributed by atoms with van der Waals surface area (Å²) in [4.78, 5) is 10.8. The van der Waals surface area contributed by atoms with Gasteiger partial charge in [0.15, 0.2) is 0 Å². The van der Waals surface area contributed by atoms with Gasteiger partial charge < -0.3 is 9.53 Å². The average molecular weight is 194 g/mol. The molecule has 1 fully saturated rings. The summed E-state index contributed by atoms with van der Waals surface area (Å²) in [7, 11) is 0. The first-order valence-electron chi connectivity index (χ1n) is 4.94. The maximum absolute atomic E-state index is 10.8. The molecule has 0 aromatic carbocycles. The first-order chi connectivity index (χ1) is 6.85. The van der Waals surface area contributed by atoms with Gasteiger partial charge in [0.2, 0.25) is 0 Å². The highest BCUT2D eigenvalue weighted by atomic mass is 16.5. The van der Waals surface area contributed by atoms with Crippen molar-refractivity contribution in [1.29, 1.82) is 0 Å². The number of ether oxygens (including phenoxy) is 1. The lowest BCUT2D eigenvalue weighted by atomic mass is 9.99. The van der Waals surface area contributed by atoms with E-state index in [1.54, 1.807) is 6.20 Å². The molecule has 0 aliphatic carbocycles. The zero-order chi connectivity index (χ0) is 9.97. The van der Waals surface area contributed by atoms with Gasteiger partial charge in [-0.25, -0.2) is 0 Å². The van der Waals surface area contributed by atoms with Crippen molar-refractivity contribution in [1.82, 2.24) is 9.78 Å². The maximum Gasteiger partial charge on any atom is 0.126 e. The summed E-state index contributed by atoms with van der Waals surface area (Å²) in [6.07, 6.45) is 5.47. The molecule has 0 spiro atoms. The summed E-state index contributed by atoms with van der Waals surface area (Å²) in [5.74, 6) is 0.00417.